The van der Waals surface area contributed by atoms with Crippen molar-refractivity contribution in [1.29, 1.82) is 0 Å². The van der Waals surface area contributed by atoms with E-state index < -0.39 is 16.5 Å². The molecular weight excluding hydrogens is 438 g/mol. The van der Waals surface area contributed by atoms with Gasteiger partial charge in [0.2, 0.25) is 0 Å². The fraction of sp³-hybridized carbons (Fsp3) is 0.682. The highest BCUT2D eigenvalue weighted by Gasteiger charge is 2.15. The number of ether oxygens (including phenoxy) is 7. The molecule has 0 N–H and O–H groups in total. The van der Waals surface area contributed by atoms with E-state index in [-0.39, 0.29) is 12.3 Å². The summed E-state index contributed by atoms with van der Waals surface area (Å²) in [5.41, 5.74) is -0.493. The smallest absolute Gasteiger partial charge is 0.332 e. The molecule has 0 radical (unpaired) electrons. The van der Waals surface area contributed by atoms with Crippen LogP contribution >= 0.6 is 0 Å². The zero-order chi connectivity index (χ0) is 24.4. The Labute approximate surface area is 194 Å². The van der Waals surface area contributed by atoms with E-state index >= 15 is 0 Å². The van der Waals surface area contributed by atoms with Crippen molar-refractivity contribution in [1.82, 2.24) is 0 Å². The van der Waals surface area contributed by atoms with Crippen LogP contribution in [0.5, 0.6) is 5.75 Å². The van der Waals surface area contributed by atoms with E-state index in [9.17, 15) is 14.9 Å². The van der Waals surface area contributed by atoms with Crippen LogP contribution in [-0.4, -0.2) is 89.2 Å². The molecule has 1 rings (SSSR count). The van der Waals surface area contributed by atoms with Gasteiger partial charge < -0.3 is 33.2 Å². The molecule has 0 atom stereocenters. The first kappa shape index (κ1) is 28.7. The highest BCUT2D eigenvalue weighted by atomic mass is 16.6. The number of nitrogens with zero attached hydrogens (tertiary/aromatic N) is 1. The summed E-state index contributed by atoms with van der Waals surface area (Å²) in [6.07, 6.45) is 0. The Morgan fingerprint density at radius 3 is 1.61 bits per heavy atom. The normalized spacial score (nSPS) is 11.4. The molecule has 0 fully saturated rings. The van der Waals surface area contributed by atoms with E-state index in [1.165, 1.54) is 12.1 Å². The molecule has 1 aromatic carbocycles. The van der Waals surface area contributed by atoms with Crippen molar-refractivity contribution in [3.63, 3.8) is 0 Å². The molecule has 11 nitrogen and oxygen atoms in total. The molecule has 0 saturated carbocycles. The van der Waals surface area contributed by atoms with Gasteiger partial charge in [0, 0.05) is 12.1 Å². The van der Waals surface area contributed by atoms with E-state index in [0.717, 1.165) is 0 Å². The number of hydrogen-bond acceptors (Lipinski definition) is 10. The van der Waals surface area contributed by atoms with Gasteiger partial charge in [0.15, 0.2) is 0 Å². The number of nitro benzene ring substituents is 1. The first-order chi connectivity index (χ1) is 15.8. The maximum absolute atomic E-state index is 11.4. The van der Waals surface area contributed by atoms with Crippen LogP contribution in [0.1, 0.15) is 20.8 Å². The topological polar surface area (TPSA) is 125 Å². The number of hydrogen-bond donors (Lipinski definition) is 0. The molecule has 0 amide bonds. The molecule has 0 aliphatic heterocycles. The molecular formula is C22H35NO10. The van der Waals surface area contributed by atoms with Crippen LogP contribution in [0.2, 0.25) is 0 Å². The Morgan fingerprint density at radius 1 is 0.758 bits per heavy atom. The number of benzene rings is 1. The van der Waals surface area contributed by atoms with Gasteiger partial charge in [-0.25, -0.2) is 4.79 Å². The lowest BCUT2D eigenvalue weighted by atomic mass is 10.2. The molecule has 0 unspecified atom stereocenters. The third-order valence-corrected chi connectivity index (χ3v) is 3.67. The summed E-state index contributed by atoms with van der Waals surface area (Å²) in [6, 6.07) is 5.88. The van der Waals surface area contributed by atoms with E-state index in [4.69, 9.17) is 33.2 Å². The Hall–Kier alpha value is -2.31. The third-order valence-electron chi connectivity index (χ3n) is 3.67. The largest absolute Gasteiger partial charge is 0.491 e. The molecule has 0 bridgehead atoms. The van der Waals surface area contributed by atoms with E-state index in [1.807, 2.05) is 0 Å². The molecule has 33 heavy (non-hydrogen) atoms. The Bertz CT molecular complexity index is 660. The van der Waals surface area contributed by atoms with Crippen LogP contribution in [0.25, 0.3) is 0 Å². The first-order valence-corrected chi connectivity index (χ1v) is 10.8. The lowest BCUT2D eigenvalue weighted by Crippen LogP contribution is -2.27. The minimum Gasteiger partial charge on any atom is -0.491 e. The summed E-state index contributed by atoms with van der Waals surface area (Å²) in [5.74, 6) is 0.154. The summed E-state index contributed by atoms with van der Waals surface area (Å²) >= 11 is 0. The van der Waals surface area contributed by atoms with Gasteiger partial charge in [0.1, 0.15) is 24.6 Å². The molecule has 1 aromatic rings. The van der Waals surface area contributed by atoms with Crippen LogP contribution in [-0.2, 0) is 33.2 Å². The summed E-state index contributed by atoms with van der Waals surface area (Å²) in [4.78, 5) is 21.6. The zero-order valence-corrected chi connectivity index (χ0v) is 19.6. The molecule has 0 spiro atoms. The third kappa shape index (κ3) is 16.9. The standard InChI is InChI=1S/C22H35NO10/c1-22(2,3)33-21(24)18-31-15-14-29-11-10-27-8-9-28-12-13-30-16-17-32-20-6-4-19(5-7-20)23(25)26/h4-7H,8-18H2,1-3H3. The van der Waals surface area contributed by atoms with Gasteiger partial charge in [-0.1, -0.05) is 0 Å². The number of carbonyl (C=O) groups is 1. The van der Waals surface area contributed by atoms with Gasteiger partial charge in [-0.2, -0.15) is 0 Å². The highest BCUT2D eigenvalue weighted by Crippen LogP contribution is 2.17. The molecule has 0 saturated heterocycles. The van der Waals surface area contributed by atoms with Crippen LogP contribution < -0.4 is 4.74 Å². The fourth-order valence-electron chi connectivity index (χ4n) is 2.29. The first-order valence-electron chi connectivity index (χ1n) is 10.8. The van der Waals surface area contributed by atoms with Gasteiger partial charge in [-0.15, -0.1) is 0 Å². The SMILES string of the molecule is CC(C)(C)OC(=O)COCCOCCOCCOCCOCCOc1ccc([N+](=O)[O-])cc1. The van der Waals surface area contributed by atoms with Gasteiger partial charge >= 0.3 is 5.97 Å². The van der Waals surface area contributed by atoms with Crippen LogP contribution in [0.15, 0.2) is 24.3 Å². The summed E-state index contributed by atoms with van der Waals surface area (Å²) in [5, 5.41) is 10.6. The van der Waals surface area contributed by atoms with Gasteiger partial charge in [0.25, 0.3) is 5.69 Å². The monoisotopic (exact) mass is 473 g/mol. The van der Waals surface area contributed by atoms with E-state index in [0.29, 0.717) is 71.8 Å². The summed E-state index contributed by atoms with van der Waals surface area (Å²) < 4.78 is 37.2. The number of rotatable bonds is 19. The highest BCUT2D eigenvalue weighted by molar-refractivity contribution is 5.71. The van der Waals surface area contributed by atoms with Crippen molar-refractivity contribution in [3.05, 3.63) is 34.4 Å². The number of nitro groups is 1. The summed E-state index contributed by atoms with van der Waals surface area (Å²) in [7, 11) is 0. The maximum atomic E-state index is 11.4. The molecule has 11 heteroatoms. The van der Waals surface area contributed by atoms with Gasteiger partial charge in [0.05, 0.1) is 64.4 Å². The Balaban J connectivity index is 1.79. The van der Waals surface area contributed by atoms with Gasteiger partial charge in [-0.3, -0.25) is 10.1 Å². The molecule has 0 aliphatic carbocycles. The van der Waals surface area contributed by atoms with Crippen molar-refractivity contribution in [2.45, 2.75) is 26.4 Å². The lowest BCUT2D eigenvalue weighted by molar-refractivity contribution is -0.384. The van der Waals surface area contributed by atoms with Crippen LogP contribution in [0, 0.1) is 10.1 Å². The van der Waals surface area contributed by atoms with Crippen molar-refractivity contribution in [2.75, 3.05) is 72.7 Å². The van der Waals surface area contributed by atoms with Crippen molar-refractivity contribution < 1.29 is 42.9 Å². The predicted octanol–water partition coefficient (Wildman–Crippen LogP) is 2.40. The number of carbonyl (C=O) groups excluding carboxylic acids is 1. The second-order valence-corrected chi connectivity index (χ2v) is 7.69. The van der Waals surface area contributed by atoms with Crippen molar-refractivity contribution >= 4 is 11.7 Å². The summed E-state index contributed by atoms with van der Waals surface area (Å²) in [6.45, 7) is 9.33. The van der Waals surface area contributed by atoms with Crippen molar-refractivity contribution in [3.8, 4) is 5.75 Å². The minimum absolute atomic E-state index is 0.0222. The number of esters is 1. The molecule has 0 heterocycles. The Morgan fingerprint density at radius 2 is 1.18 bits per heavy atom. The molecule has 0 aliphatic rings. The zero-order valence-electron chi connectivity index (χ0n) is 19.6. The van der Waals surface area contributed by atoms with Crippen LogP contribution in [0.4, 0.5) is 5.69 Å². The average molecular weight is 474 g/mol. The fourth-order valence-corrected chi connectivity index (χ4v) is 2.29. The van der Waals surface area contributed by atoms with E-state index in [2.05, 4.69) is 0 Å². The van der Waals surface area contributed by atoms with Crippen LogP contribution in [0.3, 0.4) is 0 Å². The van der Waals surface area contributed by atoms with Gasteiger partial charge in [-0.05, 0) is 32.9 Å². The second-order valence-electron chi connectivity index (χ2n) is 7.69. The quantitative estimate of drug-likeness (QED) is 0.128. The number of non-ortho nitro benzene ring substituents is 1. The predicted molar refractivity (Wildman–Crippen MR) is 119 cm³/mol. The molecule has 0 aromatic heterocycles. The maximum Gasteiger partial charge on any atom is 0.332 e. The lowest BCUT2D eigenvalue weighted by Gasteiger charge is -2.19. The molecule has 188 valence electrons. The van der Waals surface area contributed by atoms with Crippen molar-refractivity contribution in [2.24, 2.45) is 0 Å². The Kier molecular flexibility index (Phi) is 15.0. The minimum atomic E-state index is -0.515. The second kappa shape index (κ2) is 17.2. The van der Waals surface area contributed by atoms with E-state index in [1.54, 1.807) is 32.9 Å². The average Bonchev–Trinajstić information content (AvgIpc) is 2.75.